The highest BCUT2D eigenvalue weighted by molar-refractivity contribution is 7.92. The number of aromatic nitrogens is 4. The summed E-state index contributed by atoms with van der Waals surface area (Å²) < 4.78 is 29.4. The normalized spacial score (nSPS) is 11.2. The zero-order chi connectivity index (χ0) is 20.1. The number of amides is 1. The number of aryl methyl sites for hydroxylation is 1. The van der Waals surface area contributed by atoms with Crippen LogP contribution in [-0.4, -0.2) is 33.8 Å². The third kappa shape index (κ3) is 4.52. The van der Waals surface area contributed by atoms with Gasteiger partial charge in [0.05, 0.1) is 4.90 Å². The van der Waals surface area contributed by atoms with Gasteiger partial charge in [0.25, 0.3) is 10.0 Å². The molecule has 0 spiro atoms. The van der Waals surface area contributed by atoms with Gasteiger partial charge >= 0.3 is 0 Å². The summed E-state index contributed by atoms with van der Waals surface area (Å²) in [5.41, 5.74) is 0.539. The lowest BCUT2D eigenvalue weighted by molar-refractivity contribution is -0.116. The van der Waals surface area contributed by atoms with Crippen molar-refractivity contribution in [2.75, 3.05) is 10.0 Å². The van der Waals surface area contributed by atoms with Crippen LogP contribution < -0.4 is 10.0 Å². The predicted molar refractivity (Wildman–Crippen MR) is 105 cm³/mol. The molecule has 2 heterocycles. The molecule has 0 aliphatic rings. The molecular weight excluding hydrogens is 380 g/mol. The van der Waals surface area contributed by atoms with Crippen LogP contribution in [0.4, 0.5) is 11.5 Å². The average Bonchev–Trinajstić information content (AvgIpc) is 3.08. The van der Waals surface area contributed by atoms with Crippen LogP contribution in [0.3, 0.4) is 0 Å². The molecule has 0 saturated carbocycles. The Morgan fingerprint density at radius 2 is 1.89 bits per heavy atom. The van der Waals surface area contributed by atoms with Crippen LogP contribution in [0.5, 0.6) is 0 Å². The third-order valence-corrected chi connectivity index (χ3v) is 5.26. The second-order valence-electron chi connectivity index (χ2n) is 6.03. The molecule has 0 fully saturated rings. The molecule has 9 nitrogen and oxygen atoms in total. The third-order valence-electron chi connectivity index (χ3n) is 3.89. The summed E-state index contributed by atoms with van der Waals surface area (Å²) in [5.74, 6) is 1.24. The van der Waals surface area contributed by atoms with E-state index in [1.807, 2.05) is 13.8 Å². The summed E-state index contributed by atoms with van der Waals surface area (Å²) in [6.07, 6.45) is 5.78. The number of carbonyl (C=O) groups is 1. The van der Waals surface area contributed by atoms with E-state index in [4.69, 9.17) is 0 Å². The molecule has 146 valence electrons. The van der Waals surface area contributed by atoms with Crippen molar-refractivity contribution in [3.63, 3.8) is 0 Å². The lowest BCUT2D eigenvalue weighted by atomic mass is 10.3. The first-order chi connectivity index (χ1) is 13.4. The Bertz CT molecular complexity index is 1080. The van der Waals surface area contributed by atoms with Gasteiger partial charge in [-0.1, -0.05) is 6.92 Å². The summed E-state index contributed by atoms with van der Waals surface area (Å²) in [6.45, 7) is 3.72. The molecule has 0 aliphatic carbocycles. The second-order valence-corrected chi connectivity index (χ2v) is 7.72. The lowest BCUT2D eigenvalue weighted by Crippen LogP contribution is -2.15. The van der Waals surface area contributed by atoms with E-state index in [0.29, 0.717) is 23.8 Å². The highest BCUT2D eigenvalue weighted by Gasteiger charge is 2.16. The minimum Gasteiger partial charge on any atom is -0.326 e. The van der Waals surface area contributed by atoms with E-state index in [1.165, 1.54) is 24.5 Å². The largest absolute Gasteiger partial charge is 0.326 e. The molecule has 1 amide bonds. The Kier molecular flexibility index (Phi) is 5.69. The van der Waals surface area contributed by atoms with Crippen LogP contribution in [-0.2, 0) is 14.8 Å². The first-order valence-corrected chi connectivity index (χ1v) is 10.1. The Balaban J connectivity index is 1.77. The van der Waals surface area contributed by atoms with E-state index in [9.17, 15) is 13.2 Å². The Labute approximate surface area is 162 Å². The monoisotopic (exact) mass is 400 g/mol. The van der Waals surface area contributed by atoms with Crippen LogP contribution >= 0.6 is 0 Å². The van der Waals surface area contributed by atoms with Crippen LogP contribution in [0, 0.1) is 6.92 Å². The molecule has 2 aromatic heterocycles. The van der Waals surface area contributed by atoms with Gasteiger partial charge in [-0.15, -0.1) is 0 Å². The highest BCUT2D eigenvalue weighted by atomic mass is 32.2. The molecule has 0 aliphatic heterocycles. The minimum absolute atomic E-state index is 0.0555. The van der Waals surface area contributed by atoms with Gasteiger partial charge in [-0.2, -0.15) is 0 Å². The summed E-state index contributed by atoms with van der Waals surface area (Å²) in [7, 11) is -3.84. The quantitative estimate of drug-likeness (QED) is 0.629. The van der Waals surface area contributed by atoms with E-state index in [1.54, 1.807) is 29.1 Å². The zero-order valence-corrected chi connectivity index (χ0v) is 16.3. The summed E-state index contributed by atoms with van der Waals surface area (Å²) in [5, 5.41) is 2.72. The Hall–Kier alpha value is -3.27. The van der Waals surface area contributed by atoms with Gasteiger partial charge in [-0.3, -0.25) is 14.1 Å². The van der Waals surface area contributed by atoms with E-state index < -0.39 is 10.0 Å². The molecule has 0 saturated heterocycles. The molecule has 1 aromatic carbocycles. The Morgan fingerprint density at radius 1 is 1.14 bits per heavy atom. The van der Waals surface area contributed by atoms with Crippen molar-refractivity contribution in [2.24, 2.45) is 0 Å². The number of nitrogens with zero attached hydrogens (tertiary/aromatic N) is 4. The maximum Gasteiger partial charge on any atom is 0.263 e. The predicted octanol–water partition coefficient (Wildman–Crippen LogP) is 2.51. The van der Waals surface area contributed by atoms with Crippen LogP contribution in [0.25, 0.3) is 5.82 Å². The number of sulfonamides is 1. The van der Waals surface area contributed by atoms with Crippen LogP contribution in [0.1, 0.15) is 25.6 Å². The van der Waals surface area contributed by atoms with Crippen LogP contribution in [0.15, 0.2) is 53.9 Å². The van der Waals surface area contributed by atoms with Crippen molar-refractivity contribution in [1.29, 1.82) is 0 Å². The first-order valence-electron chi connectivity index (χ1n) is 8.64. The number of hydrogen-bond acceptors (Lipinski definition) is 6. The summed E-state index contributed by atoms with van der Waals surface area (Å²) >= 11 is 0. The smallest absolute Gasteiger partial charge is 0.263 e. The van der Waals surface area contributed by atoms with Gasteiger partial charge in [-0.25, -0.2) is 23.4 Å². The molecule has 28 heavy (non-hydrogen) atoms. The molecule has 2 N–H and O–H groups in total. The van der Waals surface area contributed by atoms with Gasteiger partial charge in [0, 0.05) is 30.6 Å². The zero-order valence-electron chi connectivity index (χ0n) is 15.5. The lowest BCUT2D eigenvalue weighted by Gasteiger charge is -2.10. The molecule has 0 unspecified atom stereocenters. The van der Waals surface area contributed by atoms with E-state index in [-0.39, 0.29) is 16.6 Å². The maximum absolute atomic E-state index is 12.6. The Morgan fingerprint density at radius 3 is 2.54 bits per heavy atom. The van der Waals surface area contributed by atoms with Crippen molar-refractivity contribution in [1.82, 2.24) is 19.5 Å². The molecular formula is C18H20N6O3S. The van der Waals surface area contributed by atoms with Crippen molar-refractivity contribution in [3.8, 4) is 5.82 Å². The van der Waals surface area contributed by atoms with Gasteiger partial charge in [0.2, 0.25) is 5.91 Å². The number of carbonyl (C=O) groups excluding carboxylic acids is 1. The fourth-order valence-corrected chi connectivity index (χ4v) is 3.52. The number of imidazole rings is 1. The van der Waals surface area contributed by atoms with E-state index in [0.717, 1.165) is 6.42 Å². The first kappa shape index (κ1) is 19.5. The fourth-order valence-electron chi connectivity index (χ4n) is 2.52. The van der Waals surface area contributed by atoms with Crippen molar-refractivity contribution < 1.29 is 13.2 Å². The van der Waals surface area contributed by atoms with Crippen molar-refractivity contribution in [2.45, 2.75) is 31.6 Å². The molecule has 0 atom stereocenters. The standard InChI is InChI=1S/C18H20N6O3S/c1-3-4-18(25)22-14-5-7-15(8-6-14)28(26,27)23-16-11-17(21-12-20-16)24-10-9-19-13(24)2/h5-12H,3-4H2,1-2H3,(H,22,25)(H,20,21,23). The maximum atomic E-state index is 12.6. The SMILES string of the molecule is CCCC(=O)Nc1ccc(S(=O)(=O)Nc2cc(-n3ccnc3C)ncn2)cc1. The number of hydrogen-bond donors (Lipinski definition) is 2. The van der Waals surface area contributed by atoms with Gasteiger partial charge < -0.3 is 5.32 Å². The molecule has 0 bridgehead atoms. The fraction of sp³-hybridized carbons (Fsp3) is 0.222. The molecule has 3 aromatic rings. The summed E-state index contributed by atoms with van der Waals surface area (Å²) in [4.78, 5) is 23.9. The van der Waals surface area contributed by atoms with Crippen LogP contribution in [0.2, 0.25) is 0 Å². The van der Waals surface area contributed by atoms with Crippen molar-refractivity contribution >= 4 is 27.4 Å². The second kappa shape index (κ2) is 8.17. The number of nitrogens with one attached hydrogen (secondary N) is 2. The van der Waals surface area contributed by atoms with E-state index >= 15 is 0 Å². The van der Waals surface area contributed by atoms with Gasteiger partial charge in [0.15, 0.2) is 0 Å². The topological polar surface area (TPSA) is 119 Å². The highest BCUT2D eigenvalue weighted by Crippen LogP contribution is 2.18. The summed E-state index contributed by atoms with van der Waals surface area (Å²) in [6, 6.07) is 7.45. The average molecular weight is 400 g/mol. The van der Waals surface area contributed by atoms with Gasteiger partial charge in [-0.05, 0) is 37.6 Å². The van der Waals surface area contributed by atoms with Crippen molar-refractivity contribution in [3.05, 3.63) is 54.9 Å². The molecule has 0 radical (unpaired) electrons. The van der Waals surface area contributed by atoms with E-state index in [2.05, 4.69) is 25.0 Å². The molecule has 10 heteroatoms. The molecule has 3 rings (SSSR count). The number of benzene rings is 1. The number of rotatable bonds is 7. The minimum atomic E-state index is -3.84. The number of anilines is 2. The van der Waals surface area contributed by atoms with Gasteiger partial charge in [0.1, 0.15) is 23.8 Å².